The van der Waals surface area contributed by atoms with Crippen LogP contribution in [0.4, 0.5) is 10.7 Å². The number of methoxy groups -OCH3 is 1. The summed E-state index contributed by atoms with van der Waals surface area (Å²) in [5.74, 6) is 1.25. The normalized spacial score (nSPS) is 15.9. The van der Waals surface area contributed by atoms with Crippen LogP contribution < -0.4 is 15.7 Å². The third-order valence-electron chi connectivity index (χ3n) is 6.20. The van der Waals surface area contributed by atoms with Gasteiger partial charge in [0.05, 0.1) is 25.9 Å². The molecule has 0 saturated carbocycles. The molecule has 0 aliphatic carbocycles. The quantitative estimate of drug-likeness (QED) is 0.469. The predicted octanol–water partition coefficient (Wildman–Crippen LogP) is 4.04. The summed E-state index contributed by atoms with van der Waals surface area (Å²) in [5, 5.41) is 3.25. The molecule has 0 radical (unpaired) electrons. The average molecular weight is 497 g/mol. The zero-order chi connectivity index (χ0) is 25.9. The number of likely N-dealkylation sites (tertiary alicyclic amines) is 1. The van der Waals surface area contributed by atoms with Crippen molar-refractivity contribution in [2.45, 2.75) is 65.1 Å². The van der Waals surface area contributed by atoms with Crippen molar-refractivity contribution >= 4 is 23.2 Å². The maximum absolute atomic E-state index is 13.8. The average Bonchev–Trinajstić information content (AvgIpc) is 3.42. The number of amides is 1. The number of nitrogens with zero attached hydrogens (tertiary/aromatic N) is 5. The minimum absolute atomic E-state index is 0.170. The molecule has 1 aromatic carbocycles. The van der Waals surface area contributed by atoms with Crippen LogP contribution in [0.25, 0.3) is 11.2 Å². The lowest BCUT2D eigenvalue weighted by Gasteiger charge is -2.24. The summed E-state index contributed by atoms with van der Waals surface area (Å²) < 4.78 is 14.2. The van der Waals surface area contributed by atoms with E-state index in [4.69, 9.17) is 14.5 Å². The maximum Gasteiger partial charge on any atom is 0.410 e. The van der Waals surface area contributed by atoms with Crippen LogP contribution >= 0.6 is 0 Å². The first-order valence-corrected chi connectivity index (χ1v) is 12.5. The zero-order valence-electron chi connectivity index (χ0n) is 21.8. The number of ether oxygens (including phenoxy) is 2. The minimum atomic E-state index is -0.574. The maximum atomic E-state index is 13.8. The Kier molecular flexibility index (Phi) is 7.51. The van der Waals surface area contributed by atoms with Gasteiger partial charge in [-0.2, -0.15) is 4.98 Å². The summed E-state index contributed by atoms with van der Waals surface area (Å²) in [5.41, 5.74) is 1.44. The number of unbranched alkanes of at least 4 members (excludes halogenated alkanes) is 1. The molecule has 1 amide bonds. The van der Waals surface area contributed by atoms with Crippen molar-refractivity contribution in [1.29, 1.82) is 0 Å². The number of benzene rings is 1. The molecule has 1 unspecified atom stereocenters. The van der Waals surface area contributed by atoms with Crippen LogP contribution in [0.15, 0.2) is 35.3 Å². The first kappa shape index (κ1) is 25.5. The summed E-state index contributed by atoms with van der Waals surface area (Å²) in [7, 11) is 1.62. The van der Waals surface area contributed by atoms with Gasteiger partial charge < -0.3 is 19.7 Å². The Morgan fingerprint density at radius 3 is 2.64 bits per heavy atom. The largest absolute Gasteiger partial charge is 0.497 e. The molecule has 4 rings (SSSR count). The number of fused-ring (bicyclic) bond motifs is 1. The molecule has 10 nitrogen and oxygen atoms in total. The Morgan fingerprint density at radius 1 is 1.22 bits per heavy atom. The van der Waals surface area contributed by atoms with Crippen molar-refractivity contribution in [2.24, 2.45) is 0 Å². The molecule has 2 aromatic heterocycles. The first-order valence-electron chi connectivity index (χ1n) is 12.5. The van der Waals surface area contributed by atoms with Crippen molar-refractivity contribution in [3.63, 3.8) is 0 Å². The molecule has 10 heteroatoms. The molecule has 1 N–H and O–H groups in total. The molecule has 1 atom stereocenters. The number of carbonyl (C=O) groups excluding carboxylic acids is 1. The van der Waals surface area contributed by atoms with Gasteiger partial charge >= 0.3 is 11.8 Å². The number of rotatable bonds is 8. The second-order valence-corrected chi connectivity index (χ2v) is 10.1. The number of hydrogen-bond donors (Lipinski definition) is 1. The van der Waals surface area contributed by atoms with Crippen LogP contribution in [0, 0.1) is 0 Å². The number of imidazole rings is 1. The van der Waals surface area contributed by atoms with E-state index in [0.29, 0.717) is 43.2 Å². The van der Waals surface area contributed by atoms with Gasteiger partial charge in [0.15, 0.2) is 5.65 Å². The van der Waals surface area contributed by atoms with Crippen molar-refractivity contribution in [3.05, 3.63) is 46.5 Å². The van der Waals surface area contributed by atoms with Crippen molar-refractivity contribution < 1.29 is 14.3 Å². The van der Waals surface area contributed by atoms with Crippen LogP contribution in [0.1, 0.15) is 58.6 Å². The number of nitrogens with one attached hydrogen (secondary N) is 1. The fourth-order valence-corrected chi connectivity index (χ4v) is 4.37. The minimum Gasteiger partial charge on any atom is -0.497 e. The molecule has 3 heterocycles. The zero-order valence-corrected chi connectivity index (χ0v) is 21.8. The van der Waals surface area contributed by atoms with Gasteiger partial charge in [-0.1, -0.05) is 25.5 Å². The second-order valence-electron chi connectivity index (χ2n) is 10.1. The molecule has 1 aliphatic rings. The van der Waals surface area contributed by atoms with Gasteiger partial charge in [-0.15, -0.1) is 0 Å². The second kappa shape index (κ2) is 10.6. The van der Waals surface area contributed by atoms with E-state index in [2.05, 4.69) is 17.2 Å². The van der Waals surface area contributed by atoms with Crippen molar-refractivity contribution in [1.82, 2.24) is 24.0 Å². The topological polar surface area (TPSA) is 104 Å². The Bertz CT molecular complexity index is 1260. The van der Waals surface area contributed by atoms with E-state index < -0.39 is 5.60 Å². The summed E-state index contributed by atoms with van der Waals surface area (Å²) >= 11 is 0. The van der Waals surface area contributed by atoms with E-state index in [-0.39, 0.29) is 17.8 Å². The summed E-state index contributed by atoms with van der Waals surface area (Å²) in [4.78, 5) is 37.2. The van der Waals surface area contributed by atoms with Gasteiger partial charge in [-0.25, -0.2) is 14.6 Å². The predicted molar refractivity (Wildman–Crippen MR) is 139 cm³/mol. The molecule has 0 bridgehead atoms. The summed E-state index contributed by atoms with van der Waals surface area (Å²) in [6.07, 6.45) is 4.06. The van der Waals surface area contributed by atoms with Crippen LogP contribution in [0.2, 0.25) is 0 Å². The van der Waals surface area contributed by atoms with Crippen LogP contribution in [-0.4, -0.2) is 62.4 Å². The molecule has 3 aromatic rings. The SMILES string of the molecule is CCCCNc1ncc2c(n1)n(Cc1ccc(OC)cc1)c(=O)n2C1CCN(C(=O)OC(C)(C)C)C1. The van der Waals surface area contributed by atoms with Gasteiger partial charge in [0.2, 0.25) is 5.95 Å². The van der Waals surface area contributed by atoms with E-state index in [1.807, 2.05) is 45.0 Å². The van der Waals surface area contributed by atoms with Crippen molar-refractivity contribution in [2.75, 3.05) is 32.1 Å². The standard InChI is InChI=1S/C26H36N6O4/c1-6-7-13-27-23-28-15-21-22(29-23)31(16-18-8-10-20(35-5)11-9-18)24(33)32(21)19-12-14-30(17-19)25(34)36-26(2,3)4/h8-11,15,19H,6-7,12-14,16-17H2,1-5H3,(H,27,28,29). The highest BCUT2D eigenvalue weighted by Gasteiger charge is 2.33. The molecule has 36 heavy (non-hydrogen) atoms. The van der Waals surface area contributed by atoms with E-state index in [0.717, 1.165) is 30.7 Å². The highest BCUT2D eigenvalue weighted by Crippen LogP contribution is 2.26. The highest BCUT2D eigenvalue weighted by molar-refractivity contribution is 5.73. The fraction of sp³-hybridized carbons (Fsp3) is 0.538. The fourth-order valence-electron chi connectivity index (χ4n) is 4.37. The van der Waals surface area contributed by atoms with Gasteiger partial charge in [-0.3, -0.25) is 9.13 Å². The number of anilines is 1. The van der Waals surface area contributed by atoms with E-state index in [9.17, 15) is 9.59 Å². The Labute approximate surface area is 211 Å². The van der Waals surface area contributed by atoms with E-state index >= 15 is 0 Å². The van der Waals surface area contributed by atoms with Gasteiger partial charge in [0.1, 0.15) is 16.9 Å². The summed E-state index contributed by atoms with van der Waals surface area (Å²) in [6.45, 7) is 9.71. The lowest BCUT2D eigenvalue weighted by molar-refractivity contribution is 0.0289. The molecule has 0 spiro atoms. The van der Waals surface area contributed by atoms with Gasteiger partial charge in [-0.05, 0) is 51.3 Å². The third-order valence-corrected chi connectivity index (χ3v) is 6.20. The van der Waals surface area contributed by atoms with E-state index in [1.54, 1.807) is 27.3 Å². The number of carbonyl (C=O) groups is 1. The Morgan fingerprint density at radius 2 is 1.97 bits per heavy atom. The smallest absolute Gasteiger partial charge is 0.410 e. The van der Waals surface area contributed by atoms with Crippen LogP contribution in [-0.2, 0) is 11.3 Å². The highest BCUT2D eigenvalue weighted by atomic mass is 16.6. The number of hydrogen-bond acceptors (Lipinski definition) is 7. The lowest BCUT2D eigenvalue weighted by atomic mass is 10.2. The number of aromatic nitrogens is 4. The van der Waals surface area contributed by atoms with E-state index in [1.165, 1.54) is 0 Å². The lowest BCUT2D eigenvalue weighted by Crippen LogP contribution is -2.36. The van der Waals surface area contributed by atoms with Gasteiger partial charge in [0.25, 0.3) is 0 Å². The monoisotopic (exact) mass is 496 g/mol. The molecule has 1 fully saturated rings. The van der Waals surface area contributed by atoms with Crippen LogP contribution in [0.5, 0.6) is 5.75 Å². The summed E-state index contributed by atoms with van der Waals surface area (Å²) in [6, 6.07) is 7.45. The van der Waals surface area contributed by atoms with Crippen LogP contribution in [0.3, 0.4) is 0 Å². The molecule has 194 valence electrons. The molecule has 1 aliphatic heterocycles. The molecular weight excluding hydrogens is 460 g/mol. The molecular formula is C26H36N6O4. The van der Waals surface area contributed by atoms with Crippen molar-refractivity contribution in [3.8, 4) is 5.75 Å². The third kappa shape index (κ3) is 5.63. The first-order chi connectivity index (χ1) is 17.2. The Hall–Kier alpha value is -3.56. The molecule has 1 saturated heterocycles. The van der Waals surface area contributed by atoms with Gasteiger partial charge in [0, 0.05) is 19.6 Å². The Balaban J connectivity index is 1.68.